The van der Waals surface area contributed by atoms with Gasteiger partial charge in [-0.3, -0.25) is 4.79 Å². The van der Waals surface area contributed by atoms with Gasteiger partial charge in [0, 0.05) is 5.41 Å². The summed E-state index contributed by atoms with van der Waals surface area (Å²) in [6.45, 7) is 6.13. The number of carbonyl (C=O) groups is 1. The van der Waals surface area contributed by atoms with Crippen LogP contribution in [-0.2, 0) is 5.41 Å². The fourth-order valence-corrected chi connectivity index (χ4v) is 1.71. The van der Waals surface area contributed by atoms with E-state index < -0.39 is 5.37 Å². The second-order valence-electron chi connectivity index (χ2n) is 3.99. The van der Waals surface area contributed by atoms with Gasteiger partial charge in [0.1, 0.15) is 5.03 Å². The van der Waals surface area contributed by atoms with Gasteiger partial charge >= 0.3 is 5.37 Å². The number of thioether (sulfide) groups is 1. The largest absolute Gasteiger partial charge is 0.341 e. The maximum atomic E-state index is 11.0. The molecule has 1 aromatic heterocycles. The van der Waals surface area contributed by atoms with Gasteiger partial charge in [0.25, 0.3) is 0 Å². The van der Waals surface area contributed by atoms with Crippen LogP contribution in [0.4, 0.5) is 4.79 Å². The predicted molar refractivity (Wildman–Crippen MR) is 59.4 cm³/mol. The first-order valence-electron chi connectivity index (χ1n) is 4.20. The molecule has 1 heterocycles. The summed E-state index contributed by atoms with van der Waals surface area (Å²) in [6.07, 6.45) is 1.89. The van der Waals surface area contributed by atoms with Crippen LogP contribution in [0.1, 0.15) is 26.5 Å². The Bertz CT molecular complexity index is 354. The average Bonchev–Trinajstić information content (AvgIpc) is 2.45. The standard InChI is InChI=1S/C9H13ClN2OS/c1-9(2,3)6-5-7(14-4)12(11-6)8(10)13/h5H,1-4H3. The molecule has 78 valence electrons. The highest BCUT2D eigenvalue weighted by Crippen LogP contribution is 2.25. The van der Waals surface area contributed by atoms with Gasteiger partial charge in [0.2, 0.25) is 0 Å². The molecule has 14 heavy (non-hydrogen) atoms. The van der Waals surface area contributed by atoms with E-state index in [9.17, 15) is 4.79 Å². The fourth-order valence-electron chi connectivity index (χ4n) is 1.00. The minimum Gasteiger partial charge on any atom is -0.253 e. The zero-order chi connectivity index (χ0) is 10.9. The van der Waals surface area contributed by atoms with Gasteiger partial charge < -0.3 is 0 Å². The molecular weight excluding hydrogens is 220 g/mol. The van der Waals surface area contributed by atoms with Crippen LogP contribution in [0.5, 0.6) is 0 Å². The zero-order valence-electron chi connectivity index (χ0n) is 8.67. The lowest BCUT2D eigenvalue weighted by molar-refractivity contribution is 0.256. The number of halogens is 1. The summed E-state index contributed by atoms with van der Waals surface area (Å²) >= 11 is 6.85. The lowest BCUT2D eigenvalue weighted by Crippen LogP contribution is -2.14. The van der Waals surface area contributed by atoms with Crippen molar-refractivity contribution >= 4 is 28.7 Å². The average molecular weight is 233 g/mol. The smallest absolute Gasteiger partial charge is 0.253 e. The normalized spacial score (nSPS) is 11.8. The maximum absolute atomic E-state index is 11.0. The molecule has 0 aliphatic heterocycles. The van der Waals surface area contributed by atoms with Gasteiger partial charge in [-0.1, -0.05) is 20.8 Å². The molecule has 1 rings (SSSR count). The first-order chi connectivity index (χ1) is 6.36. The summed E-state index contributed by atoms with van der Waals surface area (Å²) in [4.78, 5) is 11.0. The number of carbonyl (C=O) groups excluding carboxylic acids is 1. The second-order valence-corrected chi connectivity index (χ2v) is 5.14. The van der Waals surface area contributed by atoms with Gasteiger partial charge in [-0.2, -0.15) is 9.78 Å². The first kappa shape index (κ1) is 11.6. The van der Waals surface area contributed by atoms with Crippen molar-refractivity contribution in [3.63, 3.8) is 0 Å². The van der Waals surface area contributed by atoms with Crippen molar-refractivity contribution in [1.29, 1.82) is 0 Å². The zero-order valence-corrected chi connectivity index (χ0v) is 10.2. The van der Waals surface area contributed by atoms with Crippen molar-refractivity contribution in [2.45, 2.75) is 31.2 Å². The molecule has 0 radical (unpaired) electrons. The van der Waals surface area contributed by atoms with Gasteiger partial charge in [0.05, 0.1) is 5.69 Å². The SMILES string of the molecule is CSc1cc(C(C)(C)C)nn1C(=O)Cl. The Labute approximate surface area is 92.8 Å². The van der Waals surface area contributed by atoms with Gasteiger partial charge in [-0.05, 0) is 23.9 Å². The van der Waals surface area contributed by atoms with Crippen LogP contribution in [0, 0.1) is 0 Å². The van der Waals surface area contributed by atoms with Crippen molar-refractivity contribution in [1.82, 2.24) is 9.78 Å². The molecule has 0 aliphatic rings. The highest BCUT2D eigenvalue weighted by molar-refractivity contribution is 7.98. The lowest BCUT2D eigenvalue weighted by atomic mass is 9.93. The molecule has 0 N–H and O–H groups in total. The molecule has 3 nitrogen and oxygen atoms in total. The van der Waals surface area contributed by atoms with E-state index in [-0.39, 0.29) is 5.41 Å². The number of aromatic nitrogens is 2. The van der Waals surface area contributed by atoms with E-state index in [2.05, 4.69) is 5.10 Å². The van der Waals surface area contributed by atoms with E-state index in [0.29, 0.717) is 0 Å². The third kappa shape index (κ3) is 2.30. The Kier molecular flexibility index (Phi) is 3.27. The number of hydrogen-bond donors (Lipinski definition) is 0. The molecule has 0 saturated heterocycles. The Hall–Kier alpha value is -0.480. The van der Waals surface area contributed by atoms with Crippen molar-refractivity contribution in [3.05, 3.63) is 11.8 Å². The van der Waals surface area contributed by atoms with E-state index in [4.69, 9.17) is 11.6 Å². The molecule has 0 amide bonds. The molecule has 0 atom stereocenters. The number of rotatable bonds is 1. The molecule has 1 aromatic rings. The summed E-state index contributed by atoms with van der Waals surface area (Å²) in [7, 11) is 0. The highest BCUT2D eigenvalue weighted by Gasteiger charge is 2.21. The molecule has 0 bridgehead atoms. The van der Waals surface area contributed by atoms with Crippen LogP contribution < -0.4 is 0 Å². The van der Waals surface area contributed by atoms with E-state index >= 15 is 0 Å². The van der Waals surface area contributed by atoms with Crippen LogP contribution in [-0.4, -0.2) is 21.4 Å². The maximum Gasteiger partial charge on any atom is 0.341 e. The molecule has 0 aliphatic carbocycles. The fraction of sp³-hybridized carbons (Fsp3) is 0.556. The monoisotopic (exact) mass is 232 g/mol. The molecular formula is C9H13ClN2OS. The van der Waals surface area contributed by atoms with Gasteiger partial charge in [-0.15, -0.1) is 11.8 Å². The van der Waals surface area contributed by atoms with Crippen LogP contribution in [0.15, 0.2) is 11.1 Å². The second kappa shape index (κ2) is 3.95. The van der Waals surface area contributed by atoms with E-state index in [1.807, 2.05) is 33.1 Å². The first-order valence-corrected chi connectivity index (χ1v) is 5.81. The predicted octanol–water partition coefficient (Wildman–Crippen LogP) is 3.11. The third-order valence-corrected chi connectivity index (χ3v) is 2.69. The Morgan fingerprint density at radius 2 is 2.14 bits per heavy atom. The summed E-state index contributed by atoms with van der Waals surface area (Å²) in [5.41, 5.74) is 0.804. The van der Waals surface area contributed by atoms with Crippen molar-refractivity contribution < 1.29 is 4.79 Å². The Morgan fingerprint density at radius 1 is 1.57 bits per heavy atom. The molecule has 0 fully saturated rings. The lowest BCUT2D eigenvalue weighted by Gasteiger charge is -2.13. The Balaban J connectivity index is 3.20. The number of nitrogens with zero attached hydrogens (tertiary/aromatic N) is 2. The molecule has 0 saturated carbocycles. The van der Waals surface area contributed by atoms with Crippen molar-refractivity contribution in [2.75, 3.05) is 6.26 Å². The minimum atomic E-state index is -0.565. The van der Waals surface area contributed by atoms with Crippen molar-refractivity contribution in [2.24, 2.45) is 0 Å². The van der Waals surface area contributed by atoms with Crippen LogP contribution in [0.25, 0.3) is 0 Å². The molecule has 0 unspecified atom stereocenters. The number of hydrogen-bond acceptors (Lipinski definition) is 3. The van der Waals surface area contributed by atoms with Gasteiger partial charge in [-0.25, -0.2) is 0 Å². The minimum absolute atomic E-state index is 0.0674. The van der Waals surface area contributed by atoms with E-state index in [0.717, 1.165) is 10.7 Å². The summed E-state index contributed by atoms with van der Waals surface area (Å²) in [5.74, 6) is 0. The highest BCUT2D eigenvalue weighted by atomic mass is 35.5. The Morgan fingerprint density at radius 3 is 2.43 bits per heavy atom. The van der Waals surface area contributed by atoms with E-state index in [1.165, 1.54) is 16.4 Å². The van der Waals surface area contributed by atoms with Crippen LogP contribution in [0.3, 0.4) is 0 Å². The molecule has 5 heteroatoms. The third-order valence-electron chi connectivity index (χ3n) is 1.82. The van der Waals surface area contributed by atoms with E-state index in [1.54, 1.807) is 0 Å². The summed E-state index contributed by atoms with van der Waals surface area (Å²) in [5, 5.41) is 4.37. The van der Waals surface area contributed by atoms with Gasteiger partial charge in [0.15, 0.2) is 0 Å². The quantitative estimate of drug-likeness (QED) is 0.551. The summed E-state index contributed by atoms with van der Waals surface area (Å²) in [6, 6.07) is 1.89. The topological polar surface area (TPSA) is 34.9 Å². The van der Waals surface area contributed by atoms with Crippen LogP contribution >= 0.6 is 23.4 Å². The van der Waals surface area contributed by atoms with Crippen LogP contribution in [0.2, 0.25) is 0 Å². The molecule has 0 aromatic carbocycles. The summed E-state index contributed by atoms with van der Waals surface area (Å²) < 4.78 is 1.23. The van der Waals surface area contributed by atoms with Crippen molar-refractivity contribution in [3.8, 4) is 0 Å². The molecule has 0 spiro atoms.